The number of furan rings is 1. The van der Waals surface area contributed by atoms with Crippen LogP contribution < -0.4 is 10.2 Å². The van der Waals surface area contributed by atoms with Crippen LogP contribution in [0.4, 0.5) is 16.3 Å². The summed E-state index contributed by atoms with van der Waals surface area (Å²) in [6.07, 6.45) is 2.78. The van der Waals surface area contributed by atoms with Gasteiger partial charge in [0.1, 0.15) is 5.82 Å². The van der Waals surface area contributed by atoms with Gasteiger partial charge in [0.2, 0.25) is 0 Å². The minimum absolute atomic E-state index is 0.249. The van der Waals surface area contributed by atoms with Crippen molar-refractivity contribution < 1.29 is 18.7 Å². The van der Waals surface area contributed by atoms with Crippen molar-refractivity contribution >= 4 is 23.5 Å². The molecule has 8 nitrogen and oxygen atoms in total. The Labute approximate surface area is 145 Å². The Morgan fingerprint density at radius 1 is 1.24 bits per heavy atom. The molecule has 1 saturated heterocycles. The van der Waals surface area contributed by atoms with Crippen LogP contribution in [0.25, 0.3) is 0 Å². The SMILES string of the molecule is CCOC(=O)N1CCN(c2ccc(NC(=O)c3ccco3)cn2)CC1. The zero-order valence-electron chi connectivity index (χ0n) is 14.0. The standard InChI is InChI=1S/C17H20N4O4/c1-2-24-17(23)21-9-7-20(8-10-21)15-6-5-13(12-18-15)19-16(22)14-4-3-11-25-14/h3-6,11-12H,2,7-10H2,1H3,(H,19,22). The molecule has 0 radical (unpaired) electrons. The van der Waals surface area contributed by atoms with Crippen LogP contribution in [0, 0.1) is 0 Å². The fraction of sp³-hybridized carbons (Fsp3) is 0.353. The molecule has 2 aromatic heterocycles. The molecule has 0 spiro atoms. The van der Waals surface area contributed by atoms with E-state index in [0.717, 1.165) is 5.82 Å². The molecule has 1 fully saturated rings. The number of pyridine rings is 1. The fourth-order valence-corrected chi connectivity index (χ4v) is 2.58. The number of anilines is 2. The second kappa shape index (κ2) is 7.69. The molecule has 0 saturated carbocycles. The molecule has 0 aliphatic carbocycles. The van der Waals surface area contributed by atoms with E-state index in [1.807, 2.05) is 6.07 Å². The van der Waals surface area contributed by atoms with Crippen LogP contribution >= 0.6 is 0 Å². The van der Waals surface area contributed by atoms with Gasteiger partial charge in [-0.15, -0.1) is 0 Å². The van der Waals surface area contributed by atoms with Crippen molar-refractivity contribution in [3.05, 3.63) is 42.5 Å². The summed E-state index contributed by atoms with van der Waals surface area (Å²) in [4.78, 5) is 31.8. The lowest BCUT2D eigenvalue weighted by Gasteiger charge is -2.34. The van der Waals surface area contributed by atoms with Gasteiger partial charge in [-0.2, -0.15) is 0 Å². The number of rotatable bonds is 4. The van der Waals surface area contributed by atoms with Crippen LogP contribution in [0.5, 0.6) is 0 Å². The Hall–Kier alpha value is -3.03. The molecule has 2 amide bonds. The molecule has 25 heavy (non-hydrogen) atoms. The predicted octanol–water partition coefficient (Wildman–Crippen LogP) is 2.21. The van der Waals surface area contributed by atoms with Gasteiger partial charge in [-0.1, -0.05) is 0 Å². The highest BCUT2D eigenvalue weighted by atomic mass is 16.6. The molecule has 132 valence electrons. The van der Waals surface area contributed by atoms with E-state index in [1.165, 1.54) is 6.26 Å². The third-order valence-corrected chi connectivity index (χ3v) is 3.88. The minimum Gasteiger partial charge on any atom is -0.459 e. The highest BCUT2D eigenvalue weighted by molar-refractivity contribution is 6.02. The van der Waals surface area contributed by atoms with Crippen molar-refractivity contribution in [2.24, 2.45) is 0 Å². The first-order valence-electron chi connectivity index (χ1n) is 8.15. The van der Waals surface area contributed by atoms with E-state index in [1.54, 1.807) is 36.2 Å². The van der Waals surface area contributed by atoms with Gasteiger partial charge in [0.25, 0.3) is 5.91 Å². The number of nitrogens with zero attached hydrogens (tertiary/aromatic N) is 3. The summed E-state index contributed by atoms with van der Waals surface area (Å²) in [6.45, 7) is 4.74. The topological polar surface area (TPSA) is 87.9 Å². The van der Waals surface area contributed by atoms with E-state index >= 15 is 0 Å². The monoisotopic (exact) mass is 344 g/mol. The minimum atomic E-state index is -0.317. The van der Waals surface area contributed by atoms with Crippen molar-refractivity contribution in [3.63, 3.8) is 0 Å². The number of amides is 2. The first-order valence-corrected chi connectivity index (χ1v) is 8.15. The number of carbonyl (C=O) groups excluding carboxylic acids is 2. The highest BCUT2D eigenvalue weighted by Gasteiger charge is 2.22. The second-order valence-corrected chi connectivity index (χ2v) is 5.51. The molecule has 0 bridgehead atoms. The lowest BCUT2D eigenvalue weighted by molar-refractivity contribution is 0.0995. The first kappa shape index (κ1) is 16.8. The zero-order valence-corrected chi connectivity index (χ0v) is 14.0. The van der Waals surface area contributed by atoms with Crippen LogP contribution in [0.2, 0.25) is 0 Å². The number of aromatic nitrogens is 1. The van der Waals surface area contributed by atoms with Gasteiger partial charge < -0.3 is 24.3 Å². The average molecular weight is 344 g/mol. The normalized spacial score (nSPS) is 14.3. The molecule has 8 heteroatoms. The van der Waals surface area contributed by atoms with Gasteiger partial charge in [-0.3, -0.25) is 4.79 Å². The summed E-state index contributed by atoms with van der Waals surface area (Å²) >= 11 is 0. The van der Waals surface area contributed by atoms with Crippen LogP contribution in [0.15, 0.2) is 41.1 Å². The summed E-state index contributed by atoms with van der Waals surface area (Å²) < 4.78 is 10.1. The molecule has 0 aromatic carbocycles. The molecule has 0 unspecified atom stereocenters. The lowest BCUT2D eigenvalue weighted by Crippen LogP contribution is -2.49. The Balaban J connectivity index is 1.54. The Morgan fingerprint density at radius 3 is 2.64 bits per heavy atom. The molecule has 1 aliphatic rings. The zero-order chi connectivity index (χ0) is 17.6. The smallest absolute Gasteiger partial charge is 0.409 e. The van der Waals surface area contributed by atoms with E-state index in [4.69, 9.17) is 9.15 Å². The van der Waals surface area contributed by atoms with E-state index in [9.17, 15) is 9.59 Å². The maximum Gasteiger partial charge on any atom is 0.409 e. The van der Waals surface area contributed by atoms with Gasteiger partial charge in [-0.25, -0.2) is 9.78 Å². The number of piperazine rings is 1. The average Bonchev–Trinajstić information content (AvgIpc) is 3.18. The molecule has 3 heterocycles. The molecule has 3 rings (SSSR count). The number of hydrogen-bond donors (Lipinski definition) is 1. The number of hydrogen-bond acceptors (Lipinski definition) is 6. The van der Waals surface area contributed by atoms with Gasteiger partial charge in [0.15, 0.2) is 5.76 Å². The van der Waals surface area contributed by atoms with Gasteiger partial charge in [0.05, 0.1) is 24.8 Å². The Kier molecular flexibility index (Phi) is 5.17. The fourth-order valence-electron chi connectivity index (χ4n) is 2.58. The lowest BCUT2D eigenvalue weighted by atomic mass is 10.3. The van der Waals surface area contributed by atoms with Gasteiger partial charge in [0, 0.05) is 26.2 Å². The van der Waals surface area contributed by atoms with E-state index in [2.05, 4.69) is 15.2 Å². The van der Waals surface area contributed by atoms with Gasteiger partial charge >= 0.3 is 6.09 Å². The van der Waals surface area contributed by atoms with Crippen LogP contribution in [0.1, 0.15) is 17.5 Å². The maximum absolute atomic E-state index is 11.9. The van der Waals surface area contributed by atoms with Crippen LogP contribution in [-0.4, -0.2) is 54.7 Å². The third-order valence-electron chi connectivity index (χ3n) is 3.88. The number of nitrogens with one attached hydrogen (secondary N) is 1. The number of carbonyl (C=O) groups is 2. The Bertz CT molecular complexity index is 707. The molecular formula is C17H20N4O4. The first-order chi connectivity index (χ1) is 12.2. The summed E-state index contributed by atoms with van der Waals surface area (Å²) in [5, 5.41) is 2.73. The van der Waals surface area contributed by atoms with Gasteiger partial charge in [-0.05, 0) is 31.2 Å². The number of ether oxygens (including phenoxy) is 1. The quantitative estimate of drug-likeness (QED) is 0.915. The molecule has 0 atom stereocenters. The Morgan fingerprint density at radius 2 is 2.04 bits per heavy atom. The van der Waals surface area contributed by atoms with Crippen molar-refractivity contribution in [3.8, 4) is 0 Å². The molecule has 1 N–H and O–H groups in total. The van der Waals surface area contributed by atoms with E-state index in [-0.39, 0.29) is 17.8 Å². The molecule has 2 aromatic rings. The predicted molar refractivity (Wildman–Crippen MR) is 91.7 cm³/mol. The third kappa shape index (κ3) is 4.09. The second-order valence-electron chi connectivity index (χ2n) is 5.51. The summed E-state index contributed by atoms with van der Waals surface area (Å²) in [7, 11) is 0. The largest absolute Gasteiger partial charge is 0.459 e. The van der Waals surface area contributed by atoms with Crippen molar-refractivity contribution in [1.29, 1.82) is 0 Å². The highest BCUT2D eigenvalue weighted by Crippen LogP contribution is 2.17. The summed E-state index contributed by atoms with van der Waals surface area (Å²) in [5.41, 5.74) is 0.593. The maximum atomic E-state index is 11.9. The summed E-state index contributed by atoms with van der Waals surface area (Å²) in [5.74, 6) is 0.737. The van der Waals surface area contributed by atoms with E-state index in [0.29, 0.717) is 38.5 Å². The molecule has 1 aliphatic heterocycles. The van der Waals surface area contributed by atoms with E-state index < -0.39 is 0 Å². The van der Waals surface area contributed by atoms with Crippen molar-refractivity contribution in [1.82, 2.24) is 9.88 Å². The van der Waals surface area contributed by atoms with Crippen LogP contribution in [0.3, 0.4) is 0 Å². The molecular weight excluding hydrogens is 324 g/mol. The van der Waals surface area contributed by atoms with Crippen molar-refractivity contribution in [2.45, 2.75) is 6.92 Å². The van der Waals surface area contributed by atoms with Crippen molar-refractivity contribution in [2.75, 3.05) is 43.0 Å². The summed E-state index contributed by atoms with van der Waals surface area (Å²) in [6, 6.07) is 6.89. The van der Waals surface area contributed by atoms with Crippen LogP contribution in [-0.2, 0) is 4.74 Å².